The number of aryl methyl sites for hydroxylation is 1. The number of nitrogens with one attached hydrogen (secondary N) is 1. The zero-order valence-corrected chi connectivity index (χ0v) is 16.9. The first-order valence-corrected chi connectivity index (χ1v) is 10.3. The molecule has 0 atom stereocenters. The number of piperazine rings is 1. The van der Waals surface area contributed by atoms with Gasteiger partial charge in [0.15, 0.2) is 0 Å². The minimum Gasteiger partial charge on any atom is -0.411 e. The number of oxime groups is 1. The molecule has 4 rings (SSSR count). The Bertz CT molecular complexity index is 950. The average molecular weight is 406 g/mol. The zero-order valence-electron chi connectivity index (χ0n) is 16.9. The van der Waals surface area contributed by atoms with E-state index in [1.54, 1.807) is 6.07 Å². The summed E-state index contributed by atoms with van der Waals surface area (Å²) in [6.07, 6.45) is 1.79. The van der Waals surface area contributed by atoms with E-state index in [9.17, 15) is 14.8 Å². The molecule has 2 amide bonds. The third-order valence-corrected chi connectivity index (χ3v) is 5.80. The van der Waals surface area contributed by atoms with Crippen molar-refractivity contribution < 1.29 is 14.8 Å². The zero-order chi connectivity index (χ0) is 20.9. The number of carbonyl (C=O) groups is 2. The van der Waals surface area contributed by atoms with Gasteiger partial charge in [0.1, 0.15) is 0 Å². The first kappa shape index (κ1) is 20.1. The van der Waals surface area contributed by atoms with Crippen molar-refractivity contribution in [3.05, 3.63) is 65.2 Å². The smallest absolute Gasteiger partial charge is 0.253 e. The molecule has 156 valence electrons. The minimum atomic E-state index is 0.0272. The lowest BCUT2D eigenvalue weighted by atomic mass is 10.00. The first-order valence-electron chi connectivity index (χ1n) is 10.3. The summed E-state index contributed by atoms with van der Waals surface area (Å²) in [5.41, 5.74) is 4.12. The van der Waals surface area contributed by atoms with Gasteiger partial charge in [0.05, 0.1) is 5.71 Å². The molecule has 2 aliphatic rings. The van der Waals surface area contributed by atoms with Gasteiger partial charge in [-0.25, -0.2) is 0 Å². The molecule has 2 aliphatic heterocycles. The summed E-state index contributed by atoms with van der Waals surface area (Å²) in [6.45, 7) is 3.71. The molecule has 0 spiro atoms. The van der Waals surface area contributed by atoms with E-state index in [1.807, 2.05) is 47.4 Å². The lowest BCUT2D eigenvalue weighted by molar-refractivity contribution is -0.116. The maximum Gasteiger partial charge on any atom is 0.253 e. The molecule has 0 bridgehead atoms. The first-order chi connectivity index (χ1) is 14.6. The van der Waals surface area contributed by atoms with E-state index in [-0.39, 0.29) is 11.8 Å². The Balaban J connectivity index is 1.30. The van der Waals surface area contributed by atoms with E-state index >= 15 is 0 Å². The fourth-order valence-electron chi connectivity index (χ4n) is 4.02. The van der Waals surface area contributed by atoms with Crippen LogP contribution in [0, 0.1) is 0 Å². The third kappa shape index (κ3) is 4.52. The summed E-state index contributed by atoms with van der Waals surface area (Å²) in [4.78, 5) is 28.6. The largest absolute Gasteiger partial charge is 0.411 e. The van der Waals surface area contributed by atoms with Gasteiger partial charge >= 0.3 is 0 Å². The number of nitrogens with zero attached hydrogens (tertiary/aromatic N) is 3. The second kappa shape index (κ2) is 9.09. The molecule has 2 aromatic rings. The van der Waals surface area contributed by atoms with Crippen molar-refractivity contribution in [3.8, 4) is 0 Å². The lowest BCUT2D eigenvalue weighted by Crippen LogP contribution is -2.49. The van der Waals surface area contributed by atoms with E-state index in [2.05, 4.69) is 15.4 Å². The van der Waals surface area contributed by atoms with E-state index in [0.717, 1.165) is 36.4 Å². The third-order valence-electron chi connectivity index (χ3n) is 5.80. The molecule has 0 aliphatic carbocycles. The van der Waals surface area contributed by atoms with Crippen LogP contribution in [0.5, 0.6) is 0 Å². The van der Waals surface area contributed by atoms with Crippen molar-refractivity contribution in [2.45, 2.75) is 19.3 Å². The van der Waals surface area contributed by atoms with Crippen LogP contribution in [0.15, 0.2) is 53.7 Å². The highest BCUT2D eigenvalue weighted by Crippen LogP contribution is 2.24. The van der Waals surface area contributed by atoms with Crippen LogP contribution in [0.2, 0.25) is 0 Å². The number of carbonyl (C=O) groups excluding carboxylic acids is 2. The van der Waals surface area contributed by atoms with E-state index in [1.165, 1.54) is 0 Å². The molecule has 0 unspecified atom stereocenters. The topological polar surface area (TPSA) is 85.2 Å². The highest BCUT2D eigenvalue weighted by Gasteiger charge is 2.24. The van der Waals surface area contributed by atoms with Crippen molar-refractivity contribution in [3.63, 3.8) is 0 Å². The van der Waals surface area contributed by atoms with E-state index < -0.39 is 0 Å². The molecule has 1 saturated heterocycles. The summed E-state index contributed by atoms with van der Waals surface area (Å²) in [5, 5.41) is 15.7. The van der Waals surface area contributed by atoms with Crippen molar-refractivity contribution in [1.82, 2.24) is 9.80 Å². The summed E-state index contributed by atoms with van der Waals surface area (Å²) < 4.78 is 0. The van der Waals surface area contributed by atoms with Crippen LogP contribution in [0.4, 0.5) is 5.69 Å². The minimum absolute atomic E-state index is 0.0272. The molecule has 0 aromatic heterocycles. The Morgan fingerprint density at radius 2 is 1.77 bits per heavy atom. The van der Waals surface area contributed by atoms with Gasteiger partial charge in [-0.3, -0.25) is 14.5 Å². The SMILES string of the molecule is O=C1CCc2cc(C(=O)N3CCN(CC/C(=N/O)c4ccccc4)CC3)ccc2N1. The Hall–Kier alpha value is -3.19. The van der Waals surface area contributed by atoms with Crippen LogP contribution in [-0.2, 0) is 11.2 Å². The molecule has 1 fully saturated rings. The summed E-state index contributed by atoms with van der Waals surface area (Å²) in [6, 6.07) is 15.2. The van der Waals surface area contributed by atoms with Crippen LogP contribution < -0.4 is 5.32 Å². The number of anilines is 1. The fraction of sp³-hybridized carbons (Fsp3) is 0.348. The average Bonchev–Trinajstić information content (AvgIpc) is 2.80. The van der Waals surface area contributed by atoms with Crippen LogP contribution in [0.3, 0.4) is 0 Å². The predicted molar refractivity (Wildman–Crippen MR) is 115 cm³/mol. The molecule has 7 heteroatoms. The molecule has 0 saturated carbocycles. The molecule has 2 heterocycles. The maximum absolute atomic E-state index is 12.9. The van der Waals surface area contributed by atoms with Gasteiger partial charge < -0.3 is 15.4 Å². The second-order valence-electron chi connectivity index (χ2n) is 7.72. The Labute approximate surface area is 176 Å². The standard InChI is InChI=1S/C23H26N4O3/c28-22-9-7-18-16-19(6-8-20(18)24-22)23(29)27-14-12-26(13-15-27)11-10-21(25-30)17-4-2-1-3-5-17/h1-6,8,16,30H,7,9-15H2,(H,24,28)/b25-21-. The number of benzene rings is 2. The van der Waals surface area contributed by atoms with Gasteiger partial charge in [-0.05, 0) is 35.7 Å². The van der Waals surface area contributed by atoms with Crippen molar-refractivity contribution in [1.29, 1.82) is 0 Å². The van der Waals surface area contributed by atoms with Crippen molar-refractivity contribution in [2.24, 2.45) is 5.16 Å². The Kier molecular flexibility index (Phi) is 6.09. The number of rotatable bonds is 5. The summed E-state index contributed by atoms with van der Waals surface area (Å²) in [7, 11) is 0. The molecule has 0 radical (unpaired) electrons. The molecular formula is C23H26N4O3. The molecule has 7 nitrogen and oxygen atoms in total. The number of hydrogen-bond acceptors (Lipinski definition) is 5. The maximum atomic E-state index is 12.9. The number of amides is 2. The van der Waals surface area contributed by atoms with Crippen molar-refractivity contribution in [2.75, 3.05) is 38.0 Å². The second-order valence-corrected chi connectivity index (χ2v) is 7.72. The van der Waals surface area contributed by atoms with Crippen LogP contribution in [0.25, 0.3) is 0 Å². The molecule has 2 aromatic carbocycles. The Morgan fingerprint density at radius 1 is 1.00 bits per heavy atom. The molecular weight excluding hydrogens is 380 g/mol. The molecule has 2 N–H and O–H groups in total. The highest BCUT2D eigenvalue weighted by molar-refractivity contribution is 6.00. The van der Waals surface area contributed by atoms with Crippen LogP contribution in [0.1, 0.15) is 34.3 Å². The van der Waals surface area contributed by atoms with E-state index in [0.29, 0.717) is 43.6 Å². The van der Waals surface area contributed by atoms with Crippen molar-refractivity contribution >= 4 is 23.2 Å². The van der Waals surface area contributed by atoms with Gasteiger partial charge in [0.25, 0.3) is 5.91 Å². The van der Waals surface area contributed by atoms with Crippen LogP contribution >= 0.6 is 0 Å². The normalized spacial score (nSPS) is 17.4. The van der Waals surface area contributed by atoms with Gasteiger partial charge in [0.2, 0.25) is 5.91 Å². The summed E-state index contributed by atoms with van der Waals surface area (Å²) in [5.74, 6) is 0.0654. The quantitative estimate of drug-likeness (QED) is 0.454. The van der Waals surface area contributed by atoms with Gasteiger partial charge in [0, 0.05) is 56.8 Å². The van der Waals surface area contributed by atoms with Gasteiger partial charge in [-0.2, -0.15) is 0 Å². The van der Waals surface area contributed by atoms with Gasteiger partial charge in [-0.15, -0.1) is 0 Å². The highest BCUT2D eigenvalue weighted by atomic mass is 16.4. The summed E-state index contributed by atoms with van der Waals surface area (Å²) >= 11 is 0. The van der Waals surface area contributed by atoms with Gasteiger partial charge in [-0.1, -0.05) is 35.5 Å². The fourth-order valence-corrected chi connectivity index (χ4v) is 4.02. The predicted octanol–water partition coefficient (Wildman–Crippen LogP) is 2.60. The lowest BCUT2D eigenvalue weighted by Gasteiger charge is -2.35. The number of hydrogen-bond donors (Lipinski definition) is 2. The number of fused-ring (bicyclic) bond motifs is 1. The monoisotopic (exact) mass is 406 g/mol. The molecule has 30 heavy (non-hydrogen) atoms. The van der Waals surface area contributed by atoms with E-state index in [4.69, 9.17) is 0 Å². The Morgan fingerprint density at radius 3 is 2.50 bits per heavy atom. The van der Waals surface area contributed by atoms with Crippen LogP contribution in [-0.4, -0.2) is 65.3 Å².